The first kappa shape index (κ1) is 13.1. The van der Waals surface area contributed by atoms with Gasteiger partial charge in [0.25, 0.3) is 0 Å². The Bertz CT molecular complexity index is 452. The van der Waals surface area contributed by atoms with Crippen molar-refractivity contribution in [2.45, 2.75) is 6.10 Å². The molecular weight excluding hydrogens is 301 g/mol. The van der Waals surface area contributed by atoms with Crippen molar-refractivity contribution in [3.63, 3.8) is 0 Å². The molecule has 1 heterocycles. The Balaban J connectivity index is 0.00000128. The zero-order valence-electron chi connectivity index (χ0n) is 7.94. The minimum absolute atomic E-state index is 0. The number of carbonyl (C=O) groups excluding carboxylic acids is 1. The summed E-state index contributed by atoms with van der Waals surface area (Å²) in [4.78, 5) is 11.4. The van der Waals surface area contributed by atoms with Gasteiger partial charge < -0.3 is 20.7 Å². The van der Waals surface area contributed by atoms with Gasteiger partial charge in [-0.25, -0.2) is 4.79 Å². The summed E-state index contributed by atoms with van der Waals surface area (Å²) in [6.07, 6.45) is -0.576. The van der Waals surface area contributed by atoms with Crippen LogP contribution < -0.4 is 5.73 Å². The fourth-order valence-electron chi connectivity index (χ4n) is 1.58. The van der Waals surface area contributed by atoms with Gasteiger partial charge in [0.05, 0.1) is 0 Å². The first-order valence-corrected chi connectivity index (χ1v) is 5.01. The lowest BCUT2D eigenvalue weighted by atomic mass is 10.0. The maximum atomic E-state index is 11.4. The van der Waals surface area contributed by atoms with E-state index in [1.165, 1.54) is 6.07 Å². The Hall–Kier alpha value is -0.980. The molecule has 1 aliphatic rings. The molecule has 1 unspecified atom stereocenters. The second-order valence-corrected chi connectivity index (χ2v) is 4.00. The van der Waals surface area contributed by atoms with Gasteiger partial charge in [0.1, 0.15) is 11.7 Å². The monoisotopic (exact) mass is 309 g/mol. The van der Waals surface area contributed by atoms with Crippen molar-refractivity contribution in [3.8, 4) is 11.5 Å². The normalized spacial score (nSPS) is 17.6. The Labute approximate surface area is 106 Å². The quantitative estimate of drug-likeness (QED) is 0.539. The van der Waals surface area contributed by atoms with Gasteiger partial charge in [-0.1, -0.05) is 15.9 Å². The van der Waals surface area contributed by atoms with Crippen molar-refractivity contribution in [1.82, 2.24) is 0 Å². The molecule has 0 fully saturated rings. The summed E-state index contributed by atoms with van der Waals surface area (Å²) < 4.78 is 5.43. The number of fused-ring (bicyclic) bond motifs is 1. The molecule has 7 heteroatoms. The zero-order chi connectivity index (χ0) is 11.2. The summed E-state index contributed by atoms with van der Waals surface area (Å²) in [5.41, 5.74) is 5.89. The molecule has 0 saturated heterocycles. The Morgan fingerprint density at radius 2 is 2.12 bits per heavy atom. The largest absolute Gasteiger partial charge is 0.504 e. The number of cyclic esters (lactones) is 1. The fourth-order valence-corrected chi connectivity index (χ4v) is 2.25. The molecule has 4 N–H and O–H groups in total. The van der Waals surface area contributed by atoms with Crippen LogP contribution in [0, 0.1) is 0 Å². The molecule has 0 spiro atoms. The van der Waals surface area contributed by atoms with Gasteiger partial charge >= 0.3 is 5.97 Å². The maximum Gasteiger partial charge on any atom is 0.343 e. The highest BCUT2D eigenvalue weighted by molar-refractivity contribution is 9.10. The van der Waals surface area contributed by atoms with E-state index < -0.39 is 17.8 Å². The molecule has 0 radical (unpaired) electrons. The molecule has 2 rings (SSSR count). The van der Waals surface area contributed by atoms with Gasteiger partial charge in [-0.05, 0) is 6.07 Å². The van der Waals surface area contributed by atoms with E-state index in [2.05, 4.69) is 15.9 Å². The third-order valence-corrected chi connectivity index (χ3v) is 2.92. The molecule has 16 heavy (non-hydrogen) atoms. The number of hydrogen-bond acceptors (Lipinski definition) is 5. The lowest BCUT2D eigenvalue weighted by Crippen LogP contribution is -2.12. The second-order valence-electron chi connectivity index (χ2n) is 3.14. The first-order chi connectivity index (χ1) is 7.06. The van der Waals surface area contributed by atoms with Crippen molar-refractivity contribution in [3.05, 3.63) is 21.7 Å². The van der Waals surface area contributed by atoms with E-state index in [1.54, 1.807) is 0 Å². The summed E-state index contributed by atoms with van der Waals surface area (Å²) in [7, 11) is 0. The molecule has 0 aliphatic carbocycles. The number of nitrogens with two attached hydrogens (primary N) is 1. The lowest BCUT2D eigenvalue weighted by Gasteiger charge is -2.09. The summed E-state index contributed by atoms with van der Waals surface area (Å²) >= 11 is 3.18. The van der Waals surface area contributed by atoms with Gasteiger partial charge in [0, 0.05) is 16.6 Å². The number of halogens is 2. The maximum absolute atomic E-state index is 11.4. The topological polar surface area (TPSA) is 92.8 Å². The van der Waals surface area contributed by atoms with E-state index >= 15 is 0 Å². The van der Waals surface area contributed by atoms with Crippen molar-refractivity contribution in [1.29, 1.82) is 0 Å². The third-order valence-electron chi connectivity index (χ3n) is 2.26. The number of hydrogen-bond donors (Lipinski definition) is 3. The molecule has 0 saturated carbocycles. The van der Waals surface area contributed by atoms with Crippen LogP contribution in [0.15, 0.2) is 10.5 Å². The molecule has 0 aromatic heterocycles. The Morgan fingerprint density at radius 3 is 2.69 bits per heavy atom. The van der Waals surface area contributed by atoms with E-state index in [0.717, 1.165) is 0 Å². The minimum atomic E-state index is -0.672. The molecule has 0 amide bonds. The van der Waals surface area contributed by atoms with E-state index in [1.807, 2.05) is 0 Å². The number of carbonyl (C=O) groups is 1. The van der Waals surface area contributed by atoms with Gasteiger partial charge in [0.2, 0.25) is 0 Å². The van der Waals surface area contributed by atoms with Crippen LogP contribution in [0.4, 0.5) is 0 Å². The summed E-state index contributed by atoms with van der Waals surface area (Å²) in [6, 6.07) is 1.30. The van der Waals surface area contributed by atoms with Crippen LogP contribution in [-0.2, 0) is 4.74 Å². The van der Waals surface area contributed by atoms with Gasteiger partial charge in [0.15, 0.2) is 11.5 Å². The number of ether oxygens (including phenoxy) is 1. The lowest BCUT2D eigenvalue weighted by molar-refractivity contribution is 0.0400. The molecule has 1 aromatic rings. The molecule has 88 valence electrons. The smallest absolute Gasteiger partial charge is 0.343 e. The predicted octanol–water partition coefficient (Wildman–Crippen LogP) is 1.45. The number of rotatable bonds is 1. The van der Waals surface area contributed by atoms with Crippen LogP contribution in [0.5, 0.6) is 11.5 Å². The van der Waals surface area contributed by atoms with Gasteiger partial charge in [-0.3, -0.25) is 0 Å². The Morgan fingerprint density at radius 1 is 1.50 bits per heavy atom. The fraction of sp³-hybridized carbons (Fsp3) is 0.222. The highest BCUT2D eigenvalue weighted by Gasteiger charge is 2.36. The molecule has 1 aromatic carbocycles. The molecule has 1 atom stereocenters. The number of phenols is 2. The molecule has 1 aliphatic heterocycles. The van der Waals surface area contributed by atoms with E-state index in [-0.39, 0.29) is 30.3 Å². The number of benzene rings is 1. The standard InChI is InChI=1S/C9H8BrNO4.ClH/c10-3-1-4(12)8(13)7-6(3)5(2-11)15-9(7)14;/h1,5,12-13H,2,11H2;1H. The average Bonchev–Trinajstić information content (AvgIpc) is 2.52. The van der Waals surface area contributed by atoms with Crippen LogP contribution in [0.2, 0.25) is 0 Å². The van der Waals surface area contributed by atoms with Crippen LogP contribution in [0.3, 0.4) is 0 Å². The zero-order valence-corrected chi connectivity index (χ0v) is 10.3. The second kappa shape index (κ2) is 4.48. The average molecular weight is 311 g/mol. The molecule has 5 nitrogen and oxygen atoms in total. The highest BCUT2D eigenvalue weighted by atomic mass is 79.9. The SMILES string of the molecule is Cl.NCC1OC(=O)c2c(O)c(O)cc(Br)c21. The predicted molar refractivity (Wildman–Crippen MR) is 61.9 cm³/mol. The third kappa shape index (κ3) is 1.73. The van der Waals surface area contributed by atoms with Crippen molar-refractivity contribution < 1.29 is 19.7 Å². The van der Waals surface area contributed by atoms with E-state index in [0.29, 0.717) is 10.0 Å². The minimum Gasteiger partial charge on any atom is -0.504 e. The van der Waals surface area contributed by atoms with Crippen LogP contribution in [0.1, 0.15) is 22.0 Å². The number of phenolic OH excluding ortho intramolecular Hbond substituents is 2. The van der Waals surface area contributed by atoms with Gasteiger partial charge in [-0.2, -0.15) is 0 Å². The van der Waals surface area contributed by atoms with Crippen LogP contribution in [-0.4, -0.2) is 22.7 Å². The summed E-state index contributed by atoms with van der Waals surface area (Å²) in [6.45, 7) is 0.127. The van der Waals surface area contributed by atoms with Crippen molar-refractivity contribution in [2.75, 3.05) is 6.54 Å². The van der Waals surface area contributed by atoms with Crippen molar-refractivity contribution >= 4 is 34.3 Å². The van der Waals surface area contributed by atoms with Crippen LogP contribution >= 0.6 is 28.3 Å². The van der Waals surface area contributed by atoms with E-state index in [4.69, 9.17) is 10.5 Å². The molecule has 0 bridgehead atoms. The number of aromatic hydroxyl groups is 2. The Kier molecular flexibility index (Phi) is 3.67. The summed E-state index contributed by atoms with van der Waals surface area (Å²) in [5, 5.41) is 18.8. The molecular formula is C9H9BrClNO4. The van der Waals surface area contributed by atoms with Crippen molar-refractivity contribution in [2.24, 2.45) is 5.73 Å². The van der Waals surface area contributed by atoms with Gasteiger partial charge in [-0.15, -0.1) is 12.4 Å². The summed E-state index contributed by atoms with van der Waals surface area (Å²) in [5.74, 6) is -1.50. The van der Waals surface area contributed by atoms with E-state index in [9.17, 15) is 15.0 Å². The highest BCUT2D eigenvalue weighted by Crippen LogP contribution is 2.44. The van der Waals surface area contributed by atoms with Crippen LogP contribution in [0.25, 0.3) is 0 Å². The first-order valence-electron chi connectivity index (χ1n) is 4.21. The number of esters is 1.